The normalized spacial score (nSPS) is 25.6. The number of aliphatic hydroxyl groups excluding tert-OH is 2. The quantitative estimate of drug-likeness (QED) is 0.817. The molecular weight excluding hydrogens is 285 g/mol. The Balaban J connectivity index is 2.37. The molecule has 2 atom stereocenters. The van der Waals surface area contributed by atoms with E-state index in [-0.39, 0.29) is 18.1 Å². The minimum absolute atomic E-state index is 0.0907. The zero-order valence-electron chi connectivity index (χ0n) is 9.12. The molecular formula is C10H11ClFNO4S. The van der Waals surface area contributed by atoms with Crippen molar-refractivity contribution in [1.82, 2.24) is 4.31 Å². The number of halogens is 2. The van der Waals surface area contributed by atoms with Crippen LogP contribution >= 0.6 is 11.6 Å². The van der Waals surface area contributed by atoms with Crippen molar-refractivity contribution in [3.05, 3.63) is 29.0 Å². The summed E-state index contributed by atoms with van der Waals surface area (Å²) in [4.78, 5) is -0.520. The van der Waals surface area contributed by atoms with Gasteiger partial charge in [0.1, 0.15) is 10.7 Å². The summed E-state index contributed by atoms with van der Waals surface area (Å²) < 4.78 is 38.6. The van der Waals surface area contributed by atoms with E-state index >= 15 is 0 Å². The van der Waals surface area contributed by atoms with E-state index in [4.69, 9.17) is 11.6 Å². The van der Waals surface area contributed by atoms with Crippen LogP contribution in [0.4, 0.5) is 4.39 Å². The molecule has 1 aromatic carbocycles. The van der Waals surface area contributed by atoms with Gasteiger partial charge in [-0.05, 0) is 18.2 Å². The van der Waals surface area contributed by atoms with Crippen molar-refractivity contribution in [2.75, 3.05) is 13.1 Å². The Labute approximate surface area is 108 Å². The highest BCUT2D eigenvalue weighted by Gasteiger charge is 2.38. The first-order valence-electron chi connectivity index (χ1n) is 5.13. The van der Waals surface area contributed by atoms with Gasteiger partial charge in [-0.3, -0.25) is 0 Å². The molecule has 0 amide bonds. The van der Waals surface area contributed by atoms with Crippen molar-refractivity contribution in [1.29, 1.82) is 0 Å². The predicted molar refractivity (Wildman–Crippen MR) is 62.2 cm³/mol. The van der Waals surface area contributed by atoms with Crippen LogP contribution in [0.2, 0.25) is 5.02 Å². The van der Waals surface area contributed by atoms with Crippen LogP contribution in [0.3, 0.4) is 0 Å². The van der Waals surface area contributed by atoms with Crippen LogP contribution in [0.25, 0.3) is 0 Å². The molecule has 2 unspecified atom stereocenters. The third-order valence-electron chi connectivity index (χ3n) is 2.74. The van der Waals surface area contributed by atoms with Crippen molar-refractivity contribution in [3.8, 4) is 0 Å². The molecule has 0 saturated carbocycles. The molecule has 1 aromatic rings. The van der Waals surface area contributed by atoms with Crippen LogP contribution < -0.4 is 0 Å². The molecule has 0 radical (unpaired) electrons. The van der Waals surface area contributed by atoms with Gasteiger partial charge in [-0.25, -0.2) is 12.8 Å². The summed E-state index contributed by atoms with van der Waals surface area (Å²) in [6.07, 6.45) is -2.31. The van der Waals surface area contributed by atoms with Crippen molar-refractivity contribution in [3.63, 3.8) is 0 Å². The van der Waals surface area contributed by atoms with Gasteiger partial charge in [-0.1, -0.05) is 11.6 Å². The van der Waals surface area contributed by atoms with Gasteiger partial charge in [0.25, 0.3) is 0 Å². The second-order valence-corrected chi connectivity index (χ2v) is 6.37. The Morgan fingerprint density at radius 3 is 2.33 bits per heavy atom. The highest BCUT2D eigenvalue weighted by atomic mass is 35.5. The number of β-amino-alcohol motifs (C(OH)–C–C–N with tert-alkyl or cyclic N) is 2. The number of aliphatic hydroxyl groups is 2. The Morgan fingerprint density at radius 2 is 1.83 bits per heavy atom. The van der Waals surface area contributed by atoms with Gasteiger partial charge >= 0.3 is 0 Å². The number of hydrogen-bond acceptors (Lipinski definition) is 4. The van der Waals surface area contributed by atoms with Gasteiger partial charge in [0.05, 0.1) is 12.2 Å². The standard InChI is InChI=1S/C10H11ClFNO4S/c11-6-1-2-10(7(12)3-6)18(16,17)13-4-8(14)9(15)5-13/h1-3,8-9,14-15H,4-5H2. The van der Waals surface area contributed by atoms with Crippen LogP contribution in [0.5, 0.6) is 0 Å². The van der Waals surface area contributed by atoms with Gasteiger partial charge < -0.3 is 10.2 Å². The molecule has 1 aliphatic rings. The summed E-state index contributed by atoms with van der Waals surface area (Å²) in [6.45, 7) is -0.517. The Kier molecular flexibility index (Phi) is 3.61. The van der Waals surface area contributed by atoms with Crippen molar-refractivity contribution in [2.45, 2.75) is 17.1 Å². The number of benzene rings is 1. The van der Waals surface area contributed by atoms with E-state index in [0.717, 1.165) is 16.4 Å². The topological polar surface area (TPSA) is 77.8 Å². The summed E-state index contributed by atoms with van der Waals surface area (Å²) in [5.41, 5.74) is 0. The maximum absolute atomic E-state index is 13.6. The maximum Gasteiger partial charge on any atom is 0.246 e. The summed E-state index contributed by atoms with van der Waals surface area (Å²) >= 11 is 5.54. The molecule has 0 aliphatic carbocycles. The molecule has 2 rings (SSSR count). The van der Waals surface area contributed by atoms with Gasteiger partial charge in [-0.2, -0.15) is 4.31 Å². The number of sulfonamides is 1. The molecule has 5 nitrogen and oxygen atoms in total. The minimum atomic E-state index is -4.07. The fraction of sp³-hybridized carbons (Fsp3) is 0.400. The fourth-order valence-corrected chi connectivity index (χ4v) is 3.44. The molecule has 18 heavy (non-hydrogen) atoms. The minimum Gasteiger partial charge on any atom is -0.389 e. The smallest absolute Gasteiger partial charge is 0.246 e. The van der Waals surface area contributed by atoms with E-state index in [9.17, 15) is 23.0 Å². The number of nitrogens with zero attached hydrogens (tertiary/aromatic N) is 1. The van der Waals surface area contributed by atoms with E-state index in [1.165, 1.54) is 6.07 Å². The summed E-state index contributed by atoms with van der Waals surface area (Å²) in [5, 5.41) is 18.7. The zero-order chi connectivity index (χ0) is 13.5. The zero-order valence-corrected chi connectivity index (χ0v) is 10.7. The molecule has 1 aliphatic heterocycles. The van der Waals surface area contributed by atoms with E-state index in [1.54, 1.807) is 0 Å². The molecule has 0 bridgehead atoms. The van der Waals surface area contributed by atoms with Crippen molar-refractivity contribution >= 4 is 21.6 Å². The van der Waals surface area contributed by atoms with E-state index in [1.807, 2.05) is 0 Å². The van der Waals surface area contributed by atoms with E-state index < -0.39 is 32.9 Å². The SMILES string of the molecule is O=S(=O)(c1ccc(Cl)cc1F)N1CC(O)C(O)C1. The fourth-order valence-electron chi connectivity index (χ4n) is 1.75. The second kappa shape index (κ2) is 4.75. The monoisotopic (exact) mass is 295 g/mol. The van der Waals surface area contributed by atoms with Crippen molar-refractivity contribution in [2.24, 2.45) is 0 Å². The van der Waals surface area contributed by atoms with Crippen LogP contribution in [0.15, 0.2) is 23.1 Å². The number of hydrogen-bond donors (Lipinski definition) is 2. The van der Waals surface area contributed by atoms with Crippen LogP contribution in [0.1, 0.15) is 0 Å². The highest BCUT2D eigenvalue weighted by Crippen LogP contribution is 2.25. The third-order valence-corrected chi connectivity index (χ3v) is 4.84. The van der Waals surface area contributed by atoms with Gasteiger partial charge in [0.15, 0.2) is 0 Å². The molecule has 1 heterocycles. The highest BCUT2D eigenvalue weighted by molar-refractivity contribution is 7.89. The Morgan fingerprint density at radius 1 is 1.28 bits per heavy atom. The first-order chi connectivity index (χ1) is 8.32. The average Bonchev–Trinajstić information content (AvgIpc) is 2.59. The van der Waals surface area contributed by atoms with Gasteiger partial charge in [0.2, 0.25) is 10.0 Å². The lowest BCUT2D eigenvalue weighted by Gasteiger charge is -2.16. The molecule has 1 saturated heterocycles. The molecule has 0 aromatic heterocycles. The number of rotatable bonds is 2. The van der Waals surface area contributed by atoms with Crippen molar-refractivity contribution < 1.29 is 23.0 Å². The Hall–Kier alpha value is -0.730. The lowest BCUT2D eigenvalue weighted by atomic mass is 10.3. The summed E-state index contributed by atoms with van der Waals surface area (Å²) in [5.74, 6) is -0.960. The maximum atomic E-state index is 13.6. The van der Waals surface area contributed by atoms with E-state index in [0.29, 0.717) is 0 Å². The van der Waals surface area contributed by atoms with Crippen LogP contribution in [-0.4, -0.2) is 48.2 Å². The lowest BCUT2D eigenvalue weighted by molar-refractivity contribution is 0.0572. The average molecular weight is 296 g/mol. The van der Waals surface area contributed by atoms with Gasteiger partial charge in [-0.15, -0.1) is 0 Å². The molecule has 8 heteroatoms. The Bertz CT molecular complexity index is 555. The van der Waals surface area contributed by atoms with Crippen LogP contribution in [0, 0.1) is 5.82 Å². The predicted octanol–water partition coefficient (Wildman–Crippen LogP) is 0.205. The second-order valence-electron chi connectivity index (χ2n) is 4.03. The summed E-state index contributed by atoms with van der Waals surface area (Å²) in [6, 6.07) is 3.22. The lowest BCUT2D eigenvalue weighted by Crippen LogP contribution is -2.30. The largest absolute Gasteiger partial charge is 0.389 e. The first-order valence-corrected chi connectivity index (χ1v) is 6.95. The van der Waals surface area contributed by atoms with E-state index in [2.05, 4.69) is 0 Å². The molecule has 2 N–H and O–H groups in total. The van der Waals surface area contributed by atoms with Crippen LogP contribution in [-0.2, 0) is 10.0 Å². The molecule has 0 spiro atoms. The first kappa shape index (κ1) is 13.7. The molecule has 100 valence electrons. The summed E-state index contributed by atoms with van der Waals surface area (Å²) in [7, 11) is -4.07. The third kappa shape index (κ3) is 2.36. The molecule has 1 fully saturated rings. The van der Waals surface area contributed by atoms with Gasteiger partial charge in [0, 0.05) is 18.1 Å².